The zero-order chi connectivity index (χ0) is 18.8. The second-order valence-corrected chi connectivity index (χ2v) is 7.00. The van der Waals surface area contributed by atoms with Crippen LogP contribution in [0.3, 0.4) is 0 Å². The minimum absolute atomic E-state index is 0.0195. The van der Waals surface area contributed by atoms with Crippen molar-refractivity contribution in [3.8, 4) is 11.5 Å². The second kappa shape index (κ2) is 7.55. The van der Waals surface area contributed by atoms with E-state index in [2.05, 4.69) is 5.43 Å². The van der Waals surface area contributed by atoms with Crippen LogP contribution in [0.4, 0.5) is 5.69 Å². The first-order valence-corrected chi connectivity index (χ1v) is 9.14. The van der Waals surface area contributed by atoms with Crippen molar-refractivity contribution in [2.24, 2.45) is 0 Å². The van der Waals surface area contributed by atoms with Gasteiger partial charge in [-0.1, -0.05) is 17.7 Å². The molecule has 0 aromatic heterocycles. The summed E-state index contributed by atoms with van der Waals surface area (Å²) in [6.45, 7) is 2.18. The Bertz CT molecular complexity index is 929. The molecule has 1 saturated heterocycles. The Hall–Kier alpha value is -2.26. The minimum Gasteiger partial charge on any atom is -0.504 e. The van der Waals surface area contributed by atoms with Crippen LogP contribution in [0.2, 0.25) is 5.02 Å². The number of hydrazine groups is 1. The van der Waals surface area contributed by atoms with Gasteiger partial charge in [-0.3, -0.25) is 15.0 Å². The molecule has 1 fully saturated rings. The maximum atomic E-state index is 12.6. The molecule has 0 saturated carbocycles. The third-order valence-corrected chi connectivity index (χ3v) is 4.68. The summed E-state index contributed by atoms with van der Waals surface area (Å²) in [5.74, 6) is -0.685. The highest BCUT2D eigenvalue weighted by Crippen LogP contribution is 2.34. The normalized spacial score (nSPS) is 15.5. The Morgan fingerprint density at radius 3 is 2.77 bits per heavy atom. The molecule has 2 amide bonds. The standard InChI is InChI=1S/C18H14ClIN2O4/c1-2-26-15-8-10(7-14(20)16(15)23)6-13-17(24)21-22(18(13)25)12-5-3-4-11(19)9-12/h3-9,23H,2H2,1H3,(H,21,24)/b13-6+. The molecule has 26 heavy (non-hydrogen) atoms. The summed E-state index contributed by atoms with van der Waals surface area (Å²) in [5, 5.41) is 11.6. The van der Waals surface area contributed by atoms with E-state index in [1.54, 1.807) is 43.3 Å². The van der Waals surface area contributed by atoms with Gasteiger partial charge in [0.15, 0.2) is 11.5 Å². The monoisotopic (exact) mass is 484 g/mol. The van der Waals surface area contributed by atoms with E-state index in [0.29, 0.717) is 32.2 Å². The van der Waals surface area contributed by atoms with Crippen LogP contribution < -0.4 is 15.2 Å². The number of hydrogen-bond donors (Lipinski definition) is 2. The van der Waals surface area contributed by atoms with Crippen LogP contribution >= 0.6 is 34.2 Å². The molecule has 0 spiro atoms. The topological polar surface area (TPSA) is 78.9 Å². The number of nitrogens with zero attached hydrogens (tertiary/aromatic N) is 1. The van der Waals surface area contributed by atoms with Crippen molar-refractivity contribution in [2.45, 2.75) is 6.92 Å². The number of hydrogen-bond acceptors (Lipinski definition) is 4. The Balaban J connectivity index is 1.97. The highest BCUT2D eigenvalue weighted by molar-refractivity contribution is 14.1. The molecule has 0 bridgehead atoms. The molecule has 0 radical (unpaired) electrons. The molecule has 1 heterocycles. The first-order chi connectivity index (χ1) is 12.4. The van der Waals surface area contributed by atoms with Crippen LogP contribution in [0.25, 0.3) is 6.08 Å². The van der Waals surface area contributed by atoms with E-state index in [1.807, 2.05) is 22.6 Å². The number of carbonyl (C=O) groups is 2. The van der Waals surface area contributed by atoms with Crippen LogP contribution in [0.5, 0.6) is 11.5 Å². The Morgan fingerprint density at radius 2 is 2.08 bits per heavy atom. The summed E-state index contributed by atoms with van der Waals surface area (Å²) in [6, 6.07) is 9.86. The summed E-state index contributed by atoms with van der Waals surface area (Å²) >= 11 is 7.91. The molecular weight excluding hydrogens is 471 g/mol. The van der Waals surface area contributed by atoms with Crippen molar-refractivity contribution in [1.29, 1.82) is 0 Å². The van der Waals surface area contributed by atoms with Gasteiger partial charge in [-0.25, -0.2) is 5.01 Å². The third-order valence-electron chi connectivity index (χ3n) is 3.62. The number of halogens is 2. The van der Waals surface area contributed by atoms with Crippen molar-refractivity contribution < 1.29 is 19.4 Å². The lowest BCUT2D eigenvalue weighted by molar-refractivity contribution is -0.117. The van der Waals surface area contributed by atoms with Crippen molar-refractivity contribution >= 4 is 57.8 Å². The van der Waals surface area contributed by atoms with Gasteiger partial charge >= 0.3 is 0 Å². The summed E-state index contributed by atoms with van der Waals surface area (Å²) in [7, 11) is 0. The van der Waals surface area contributed by atoms with Crippen molar-refractivity contribution in [3.63, 3.8) is 0 Å². The first-order valence-electron chi connectivity index (χ1n) is 7.68. The highest BCUT2D eigenvalue weighted by atomic mass is 127. The number of nitrogens with one attached hydrogen (secondary N) is 1. The maximum Gasteiger partial charge on any atom is 0.282 e. The molecule has 134 valence electrons. The zero-order valence-electron chi connectivity index (χ0n) is 13.6. The van der Waals surface area contributed by atoms with Gasteiger partial charge in [-0.2, -0.15) is 0 Å². The molecule has 1 aliphatic heterocycles. The number of phenolic OH excluding ortho intramolecular Hbond substituents is 1. The summed E-state index contributed by atoms with van der Waals surface area (Å²) < 4.78 is 5.94. The van der Waals surface area contributed by atoms with E-state index in [-0.39, 0.29) is 11.3 Å². The fourth-order valence-electron chi connectivity index (χ4n) is 2.46. The van der Waals surface area contributed by atoms with E-state index in [1.165, 1.54) is 6.08 Å². The fraction of sp³-hybridized carbons (Fsp3) is 0.111. The van der Waals surface area contributed by atoms with E-state index >= 15 is 0 Å². The number of rotatable bonds is 4. The smallest absolute Gasteiger partial charge is 0.282 e. The molecular formula is C18H14ClIN2O4. The van der Waals surface area contributed by atoms with Gasteiger partial charge in [0, 0.05) is 5.02 Å². The van der Waals surface area contributed by atoms with Gasteiger partial charge < -0.3 is 9.84 Å². The van der Waals surface area contributed by atoms with Crippen molar-refractivity contribution in [2.75, 3.05) is 11.6 Å². The van der Waals surface area contributed by atoms with Crippen molar-refractivity contribution in [1.82, 2.24) is 5.43 Å². The molecule has 0 unspecified atom stereocenters. The summed E-state index contributed by atoms with van der Waals surface area (Å²) in [4.78, 5) is 24.9. The molecule has 6 nitrogen and oxygen atoms in total. The lowest BCUT2D eigenvalue weighted by atomic mass is 10.1. The third kappa shape index (κ3) is 3.63. The zero-order valence-corrected chi connectivity index (χ0v) is 16.5. The van der Waals surface area contributed by atoms with E-state index < -0.39 is 11.8 Å². The number of aromatic hydroxyl groups is 1. The van der Waals surface area contributed by atoms with Crippen LogP contribution in [-0.4, -0.2) is 23.5 Å². The predicted octanol–water partition coefficient (Wildman–Crippen LogP) is 3.51. The molecule has 8 heteroatoms. The minimum atomic E-state index is -0.518. The highest BCUT2D eigenvalue weighted by Gasteiger charge is 2.34. The van der Waals surface area contributed by atoms with Crippen LogP contribution in [0.1, 0.15) is 12.5 Å². The van der Waals surface area contributed by atoms with E-state index in [0.717, 1.165) is 5.01 Å². The number of amides is 2. The van der Waals surface area contributed by atoms with Gasteiger partial charge in [0.25, 0.3) is 11.8 Å². The number of benzene rings is 2. The van der Waals surface area contributed by atoms with Gasteiger partial charge in [-0.05, 0) is 71.5 Å². The van der Waals surface area contributed by atoms with E-state index in [4.69, 9.17) is 16.3 Å². The average molecular weight is 485 g/mol. The second-order valence-electron chi connectivity index (χ2n) is 5.40. The van der Waals surface area contributed by atoms with Crippen LogP contribution in [0.15, 0.2) is 42.0 Å². The van der Waals surface area contributed by atoms with Gasteiger partial charge in [0.1, 0.15) is 5.57 Å². The Kier molecular flexibility index (Phi) is 5.38. The fourth-order valence-corrected chi connectivity index (χ4v) is 3.27. The Morgan fingerprint density at radius 1 is 1.31 bits per heavy atom. The molecule has 2 aromatic rings. The number of phenols is 1. The summed E-state index contributed by atoms with van der Waals surface area (Å²) in [6.07, 6.45) is 1.46. The average Bonchev–Trinajstić information content (AvgIpc) is 2.87. The maximum absolute atomic E-state index is 12.6. The quantitative estimate of drug-likeness (QED) is 0.396. The Labute approximate surface area is 168 Å². The van der Waals surface area contributed by atoms with Gasteiger partial charge in [0.2, 0.25) is 0 Å². The predicted molar refractivity (Wildman–Crippen MR) is 107 cm³/mol. The molecule has 0 aliphatic carbocycles. The van der Waals surface area contributed by atoms with Crippen molar-refractivity contribution in [3.05, 3.63) is 56.1 Å². The van der Waals surface area contributed by atoms with Crippen LogP contribution in [-0.2, 0) is 9.59 Å². The molecule has 2 N–H and O–H groups in total. The van der Waals surface area contributed by atoms with Gasteiger partial charge in [-0.15, -0.1) is 0 Å². The lowest BCUT2D eigenvalue weighted by Gasteiger charge is -2.14. The molecule has 1 aliphatic rings. The largest absolute Gasteiger partial charge is 0.504 e. The van der Waals surface area contributed by atoms with Gasteiger partial charge in [0.05, 0.1) is 15.9 Å². The first kappa shape index (κ1) is 18.5. The number of anilines is 1. The molecule has 3 rings (SSSR count). The lowest BCUT2D eigenvalue weighted by Crippen LogP contribution is -2.35. The SMILES string of the molecule is CCOc1cc(/C=C2\C(=O)NN(c3cccc(Cl)c3)C2=O)cc(I)c1O. The number of ether oxygens (including phenoxy) is 1. The summed E-state index contributed by atoms with van der Waals surface area (Å²) in [5.41, 5.74) is 3.54. The molecule has 0 atom stereocenters. The van der Waals surface area contributed by atoms with E-state index in [9.17, 15) is 14.7 Å². The number of carbonyl (C=O) groups excluding carboxylic acids is 2. The van der Waals surface area contributed by atoms with Crippen LogP contribution in [0, 0.1) is 3.57 Å². The molecule has 2 aromatic carbocycles.